The van der Waals surface area contributed by atoms with Gasteiger partial charge in [-0.05, 0) is 42.5 Å². The average Bonchev–Trinajstić information content (AvgIpc) is 3.28. The monoisotopic (exact) mass is 474 g/mol. The number of amides is 2. The first kappa shape index (κ1) is 20.7. The highest BCUT2D eigenvalue weighted by atomic mass is 35.5. The van der Waals surface area contributed by atoms with Crippen molar-refractivity contribution in [1.29, 1.82) is 0 Å². The molecule has 1 saturated heterocycles. The normalized spacial score (nSPS) is 15.3. The van der Waals surface area contributed by atoms with Gasteiger partial charge in [-0.15, -0.1) is 0 Å². The van der Waals surface area contributed by atoms with E-state index in [1.807, 2.05) is 0 Å². The molecule has 0 atom stereocenters. The number of anilines is 1. The number of nitrogens with zero attached hydrogens (tertiary/aromatic N) is 1. The second kappa shape index (κ2) is 8.28. The van der Waals surface area contributed by atoms with E-state index in [0.29, 0.717) is 42.0 Å². The second-order valence-electron chi connectivity index (χ2n) is 6.22. The molecule has 0 aliphatic carbocycles. The van der Waals surface area contributed by atoms with Crippen molar-refractivity contribution in [3.63, 3.8) is 0 Å². The highest BCUT2D eigenvalue weighted by molar-refractivity contribution is 8.27. The molecular weight excluding hydrogens is 463 g/mol. The number of para-hydroxylation sites is 1. The lowest BCUT2D eigenvalue weighted by molar-refractivity contribution is -0.113. The van der Waals surface area contributed by atoms with Gasteiger partial charge >= 0.3 is 0 Å². The Balaban J connectivity index is 1.66. The summed E-state index contributed by atoms with van der Waals surface area (Å²) in [6.45, 7) is 0. The highest BCUT2D eigenvalue weighted by Crippen LogP contribution is 2.38. The fourth-order valence-corrected chi connectivity index (χ4v) is 4.59. The van der Waals surface area contributed by atoms with Crippen LogP contribution in [0.3, 0.4) is 0 Å². The zero-order valence-electron chi connectivity index (χ0n) is 15.1. The molecule has 0 bridgehead atoms. The topological polar surface area (TPSA) is 76.5 Å². The Kier molecular flexibility index (Phi) is 5.71. The molecule has 1 aromatic heterocycles. The maximum absolute atomic E-state index is 13.0. The van der Waals surface area contributed by atoms with Gasteiger partial charge in [0.25, 0.3) is 11.8 Å². The number of carbonyl (C=O) groups is 2. The van der Waals surface area contributed by atoms with E-state index < -0.39 is 5.91 Å². The first-order valence-electron chi connectivity index (χ1n) is 8.57. The van der Waals surface area contributed by atoms with Crippen LogP contribution >= 0.6 is 47.2 Å². The van der Waals surface area contributed by atoms with Crippen LogP contribution in [0.4, 0.5) is 5.69 Å². The standard InChI is InChI=1S/C21H12Cl2N2O3S2/c22-11-5-7-15(23)14(9-11)17-8-6-12(28-17)10-18-20(27)25(21(29)30-18)16-4-2-1-3-13(16)19(24)26/h1-10H,(H2,24,26)/b18-10+. The lowest BCUT2D eigenvalue weighted by Gasteiger charge is -2.17. The summed E-state index contributed by atoms with van der Waals surface area (Å²) < 4.78 is 6.13. The van der Waals surface area contributed by atoms with E-state index in [2.05, 4.69) is 0 Å². The molecule has 2 N–H and O–H groups in total. The van der Waals surface area contributed by atoms with Crippen molar-refractivity contribution in [2.24, 2.45) is 5.73 Å². The van der Waals surface area contributed by atoms with Crippen LogP contribution in [-0.2, 0) is 4.79 Å². The molecule has 2 aromatic carbocycles. The SMILES string of the molecule is NC(=O)c1ccccc1N1C(=O)/C(=C\c2ccc(-c3cc(Cl)ccc3Cl)o2)SC1=S. The summed E-state index contributed by atoms with van der Waals surface area (Å²) in [6.07, 6.45) is 1.59. The van der Waals surface area contributed by atoms with Crippen LogP contribution in [0.5, 0.6) is 0 Å². The van der Waals surface area contributed by atoms with Crippen LogP contribution in [0.25, 0.3) is 17.4 Å². The van der Waals surface area contributed by atoms with Crippen molar-refractivity contribution in [1.82, 2.24) is 0 Å². The third-order valence-corrected chi connectivity index (χ3v) is 6.16. The number of benzene rings is 2. The minimum atomic E-state index is -0.641. The Labute approximate surface area is 191 Å². The molecule has 1 fully saturated rings. The second-order valence-corrected chi connectivity index (χ2v) is 8.74. The minimum Gasteiger partial charge on any atom is -0.457 e. The van der Waals surface area contributed by atoms with Crippen LogP contribution in [0, 0.1) is 0 Å². The maximum atomic E-state index is 13.0. The molecular formula is C21H12Cl2N2O3S2. The average molecular weight is 475 g/mol. The molecule has 2 amide bonds. The molecule has 4 rings (SSSR count). The molecule has 3 aromatic rings. The first-order chi connectivity index (χ1) is 14.3. The predicted molar refractivity (Wildman–Crippen MR) is 125 cm³/mol. The lowest BCUT2D eigenvalue weighted by Crippen LogP contribution is -2.30. The van der Waals surface area contributed by atoms with Gasteiger partial charge in [-0.25, -0.2) is 0 Å². The van der Waals surface area contributed by atoms with Gasteiger partial charge in [-0.3, -0.25) is 14.5 Å². The molecule has 1 aliphatic rings. The van der Waals surface area contributed by atoms with Gasteiger partial charge in [-0.1, -0.05) is 59.3 Å². The number of hydrogen-bond donors (Lipinski definition) is 1. The van der Waals surface area contributed by atoms with E-state index in [-0.39, 0.29) is 11.5 Å². The number of hydrogen-bond acceptors (Lipinski definition) is 5. The zero-order valence-corrected chi connectivity index (χ0v) is 18.2. The Morgan fingerprint density at radius 1 is 1.13 bits per heavy atom. The summed E-state index contributed by atoms with van der Waals surface area (Å²) in [5.41, 5.74) is 6.64. The Morgan fingerprint density at radius 2 is 1.90 bits per heavy atom. The van der Waals surface area contributed by atoms with Gasteiger partial charge in [0.1, 0.15) is 11.5 Å². The summed E-state index contributed by atoms with van der Waals surface area (Å²) in [5, 5.41) is 1.02. The Bertz CT molecular complexity index is 1240. The summed E-state index contributed by atoms with van der Waals surface area (Å²) >= 11 is 18.7. The van der Waals surface area contributed by atoms with Gasteiger partial charge in [-0.2, -0.15) is 0 Å². The van der Waals surface area contributed by atoms with Crippen LogP contribution in [0.15, 0.2) is 63.9 Å². The van der Waals surface area contributed by atoms with Crippen LogP contribution in [-0.4, -0.2) is 16.1 Å². The summed E-state index contributed by atoms with van der Waals surface area (Å²) in [4.78, 5) is 26.4. The summed E-state index contributed by atoms with van der Waals surface area (Å²) in [6, 6.07) is 15.1. The number of carbonyl (C=O) groups excluding carboxylic acids is 2. The van der Waals surface area contributed by atoms with E-state index in [0.717, 1.165) is 11.8 Å². The molecule has 5 nitrogen and oxygen atoms in total. The molecule has 0 spiro atoms. The van der Waals surface area contributed by atoms with Gasteiger partial charge < -0.3 is 10.2 Å². The molecule has 150 valence electrons. The molecule has 0 radical (unpaired) electrons. The van der Waals surface area contributed by atoms with E-state index in [1.165, 1.54) is 4.90 Å². The van der Waals surface area contributed by atoms with Crippen LogP contribution in [0.1, 0.15) is 16.1 Å². The first-order valence-corrected chi connectivity index (χ1v) is 10.6. The third kappa shape index (κ3) is 3.89. The molecule has 1 aliphatic heterocycles. The number of thioether (sulfide) groups is 1. The lowest BCUT2D eigenvalue weighted by atomic mass is 10.1. The van der Waals surface area contributed by atoms with E-state index in [4.69, 9.17) is 45.6 Å². The smallest absolute Gasteiger partial charge is 0.270 e. The quantitative estimate of drug-likeness (QED) is 0.384. The van der Waals surface area contributed by atoms with Gasteiger partial charge in [0.05, 0.1) is 21.2 Å². The number of nitrogens with two attached hydrogens (primary N) is 1. The van der Waals surface area contributed by atoms with Crippen LogP contribution in [0.2, 0.25) is 10.0 Å². The Hall–Kier alpha value is -2.58. The number of rotatable bonds is 4. The molecule has 0 saturated carbocycles. The Morgan fingerprint density at radius 3 is 2.67 bits per heavy atom. The molecule has 0 unspecified atom stereocenters. The van der Waals surface area contributed by atoms with Gasteiger partial charge in [0, 0.05) is 16.7 Å². The number of primary amides is 1. The van der Waals surface area contributed by atoms with Crippen molar-refractivity contribution in [3.05, 3.63) is 80.9 Å². The fraction of sp³-hybridized carbons (Fsp3) is 0. The molecule has 9 heteroatoms. The van der Waals surface area contributed by atoms with Crippen molar-refractivity contribution in [3.8, 4) is 11.3 Å². The summed E-state index contributed by atoms with van der Waals surface area (Å²) in [7, 11) is 0. The molecule has 2 heterocycles. The fourth-order valence-electron chi connectivity index (χ4n) is 2.94. The highest BCUT2D eigenvalue weighted by Gasteiger charge is 2.35. The number of halogens is 2. The minimum absolute atomic E-state index is 0.214. The van der Waals surface area contributed by atoms with E-state index in [1.54, 1.807) is 60.7 Å². The number of thiocarbonyl (C=S) groups is 1. The summed E-state index contributed by atoms with van der Waals surface area (Å²) in [5.74, 6) is -0.0387. The van der Waals surface area contributed by atoms with Crippen molar-refractivity contribution < 1.29 is 14.0 Å². The largest absolute Gasteiger partial charge is 0.457 e. The number of furan rings is 1. The predicted octanol–water partition coefficient (Wildman–Crippen LogP) is 5.76. The van der Waals surface area contributed by atoms with E-state index >= 15 is 0 Å². The van der Waals surface area contributed by atoms with E-state index in [9.17, 15) is 9.59 Å². The van der Waals surface area contributed by atoms with Crippen LogP contribution < -0.4 is 10.6 Å². The van der Waals surface area contributed by atoms with Crippen molar-refractivity contribution >= 4 is 75.1 Å². The van der Waals surface area contributed by atoms with Gasteiger partial charge in [0.15, 0.2) is 4.32 Å². The van der Waals surface area contributed by atoms with Crippen molar-refractivity contribution in [2.45, 2.75) is 0 Å². The zero-order chi connectivity index (χ0) is 21.4. The maximum Gasteiger partial charge on any atom is 0.270 e. The molecule has 30 heavy (non-hydrogen) atoms. The third-order valence-electron chi connectivity index (χ3n) is 4.30. The van der Waals surface area contributed by atoms with Crippen molar-refractivity contribution in [2.75, 3.05) is 4.90 Å². The van der Waals surface area contributed by atoms with Gasteiger partial charge in [0.2, 0.25) is 0 Å².